The van der Waals surface area contributed by atoms with Crippen molar-refractivity contribution in [2.24, 2.45) is 0 Å². The number of aliphatic carboxylic acids is 1. The van der Waals surface area contributed by atoms with Gasteiger partial charge in [0.25, 0.3) is 11.8 Å². The van der Waals surface area contributed by atoms with Crippen molar-refractivity contribution in [2.75, 3.05) is 0 Å². The van der Waals surface area contributed by atoms with Crippen molar-refractivity contribution < 1.29 is 37.1 Å². The zero-order valence-electron chi connectivity index (χ0n) is 21.9. The lowest BCUT2D eigenvalue weighted by atomic mass is 10.0. The number of hydrogen-bond donors (Lipinski definition) is 3. The van der Waals surface area contributed by atoms with Crippen LogP contribution in [0.5, 0.6) is 0 Å². The Bertz CT molecular complexity index is 1600. The van der Waals surface area contributed by atoms with Gasteiger partial charge in [0, 0.05) is 12.0 Å². The molecule has 0 aliphatic heterocycles. The molecule has 0 spiro atoms. The first kappa shape index (κ1) is 29.7. The quantitative estimate of drug-likeness (QED) is 0.166. The second-order valence-corrected chi connectivity index (χ2v) is 9.27. The number of benzene rings is 4. The van der Waals surface area contributed by atoms with Crippen LogP contribution in [0, 0.1) is 5.82 Å². The van der Waals surface area contributed by atoms with Crippen molar-refractivity contribution in [3.63, 3.8) is 0 Å². The van der Waals surface area contributed by atoms with Gasteiger partial charge in [0.15, 0.2) is 0 Å². The van der Waals surface area contributed by atoms with Crippen LogP contribution in [-0.4, -0.2) is 28.9 Å². The zero-order valence-corrected chi connectivity index (χ0v) is 21.9. The van der Waals surface area contributed by atoms with Gasteiger partial charge in [-0.1, -0.05) is 66.7 Å². The number of carbonyl (C=O) groups excluding carboxylic acids is 2. The molecule has 0 bridgehead atoms. The molecule has 4 rings (SSSR count). The molecule has 2 amide bonds. The number of carbonyl (C=O) groups is 3. The van der Waals surface area contributed by atoms with Crippen molar-refractivity contribution in [3.8, 4) is 11.1 Å². The minimum atomic E-state index is -4.65. The number of alkyl halides is 3. The first-order valence-corrected chi connectivity index (χ1v) is 12.6. The Hall–Kier alpha value is -5.25. The Balaban J connectivity index is 1.62. The molecule has 4 aromatic rings. The van der Waals surface area contributed by atoms with Crippen LogP contribution in [-0.2, 0) is 22.2 Å². The second-order valence-electron chi connectivity index (χ2n) is 9.27. The molecule has 10 heteroatoms. The SMILES string of the molecule is O=C(NC(Cc1ccc(F)cc1)C(=O)O)/C(=C/c1cccc(C(F)(F)F)c1)NC(=O)c1ccc(-c2ccccc2)cc1. The van der Waals surface area contributed by atoms with Gasteiger partial charge in [-0.25, -0.2) is 9.18 Å². The summed E-state index contributed by atoms with van der Waals surface area (Å²) < 4.78 is 53.1. The van der Waals surface area contributed by atoms with Gasteiger partial charge in [0.05, 0.1) is 5.56 Å². The highest BCUT2D eigenvalue weighted by molar-refractivity contribution is 6.06. The number of hydrogen-bond acceptors (Lipinski definition) is 3. The van der Waals surface area contributed by atoms with Crippen LogP contribution in [0.3, 0.4) is 0 Å². The number of carboxylic acids is 1. The van der Waals surface area contributed by atoms with Crippen molar-refractivity contribution in [3.05, 3.63) is 137 Å². The van der Waals surface area contributed by atoms with E-state index in [1.54, 1.807) is 12.1 Å². The summed E-state index contributed by atoms with van der Waals surface area (Å²) in [5.74, 6) is -3.72. The fourth-order valence-corrected chi connectivity index (χ4v) is 4.06. The van der Waals surface area contributed by atoms with E-state index >= 15 is 0 Å². The van der Waals surface area contributed by atoms with Gasteiger partial charge >= 0.3 is 12.1 Å². The molecule has 1 unspecified atom stereocenters. The topological polar surface area (TPSA) is 95.5 Å². The Kier molecular flexibility index (Phi) is 9.16. The van der Waals surface area contributed by atoms with Crippen LogP contribution >= 0.6 is 0 Å². The normalized spacial score (nSPS) is 12.3. The maximum atomic E-state index is 13.3. The zero-order chi connectivity index (χ0) is 30.3. The van der Waals surface area contributed by atoms with Gasteiger partial charge in [-0.2, -0.15) is 13.2 Å². The third-order valence-electron chi connectivity index (χ3n) is 6.23. The van der Waals surface area contributed by atoms with E-state index in [1.165, 1.54) is 30.3 Å². The molecule has 0 saturated carbocycles. The van der Waals surface area contributed by atoms with E-state index in [9.17, 15) is 37.1 Å². The highest BCUT2D eigenvalue weighted by Gasteiger charge is 2.30. The van der Waals surface area contributed by atoms with Crippen LogP contribution in [0.4, 0.5) is 17.6 Å². The summed E-state index contributed by atoms with van der Waals surface area (Å²) in [5.41, 5.74) is 0.800. The van der Waals surface area contributed by atoms with E-state index in [4.69, 9.17) is 0 Å². The lowest BCUT2D eigenvalue weighted by Crippen LogP contribution is -2.45. The van der Waals surface area contributed by atoms with Crippen LogP contribution < -0.4 is 10.6 Å². The standard InChI is InChI=1S/C32H24F4N2O4/c33-26-15-9-20(10-16-26)18-28(31(41)42)38-30(40)27(19-21-5-4-8-25(17-21)32(34,35)36)37-29(39)24-13-11-23(12-14-24)22-6-2-1-3-7-22/h1-17,19,28H,18H2,(H,37,39)(H,38,40)(H,41,42)/b27-19-. The predicted molar refractivity (Wildman–Crippen MR) is 148 cm³/mol. The summed E-state index contributed by atoms with van der Waals surface area (Å²) >= 11 is 0. The minimum absolute atomic E-state index is 0.0555. The number of rotatable bonds is 9. The number of amides is 2. The number of halogens is 4. The molecular formula is C32H24F4N2O4. The van der Waals surface area contributed by atoms with Gasteiger partial charge in [-0.15, -0.1) is 0 Å². The first-order chi connectivity index (χ1) is 20.0. The molecule has 0 saturated heterocycles. The van der Waals surface area contributed by atoms with Gasteiger partial charge in [0.1, 0.15) is 17.6 Å². The minimum Gasteiger partial charge on any atom is -0.480 e. The molecular weight excluding hydrogens is 552 g/mol. The average Bonchev–Trinajstić information content (AvgIpc) is 2.97. The molecule has 0 aliphatic rings. The molecule has 3 N–H and O–H groups in total. The van der Waals surface area contributed by atoms with Gasteiger partial charge in [-0.05, 0) is 64.7 Å². The molecule has 0 aromatic heterocycles. The summed E-state index contributed by atoms with van der Waals surface area (Å²) in [5, 5.41) is 14.4. The second kappa shape index (κ2) is 12.9. The van der Waals surface area contributed by atoms with Crippen molar-refractivity contribution in [1.29, 1.82) is 0 Å². The summed E-state index contributed by atoms with van der Waals surface area (Å²) in [6, 6.07) is 23.4. The molecule has 4 aromatic carbocycles. The Morgan fingerprint density at radius 1 is 0.810 bits per heavy atom. The molecule has 1 atom stereocenters. The largest absolute Gasteiger partial charge is 0.480 e. The van der Waals surface area contributed by atoms with Crippen LogP contribution in [0.1, 0.15) is 27.0 Å². The third kappa shape index (κ3) is 7.91. The van der Waals surface area contributed by atoms with Gasteiger partial charge in [0.2, 0.25) is 0 Å². The predicted octanol–water partition coefficient (Wildman–Crippen LogP) is 6.09. The molecule has 42 heavy (non-hydrogen) atoms. The first-order valence-electron chi connectivity index (χ1n) is 12.6. The van der Waals surface area contributed by atoms with E-state index in [-0.39, 0.29) is 17.5 Å². The summed E-state index contributed by atoms with van der Waals surface area (Å²) in [7, 11) is 0. The van der Waals surface area contributed by atoms with Crippen molar-refractivity contribution in [2.45, 2.75) is 18.6 Å². The molecule has 6 nitrogen and oxygen atoms in total. The van der Waals surface area contributed by atoms with Crippen molar-refractivity contribution in [1.82, 2.24) is 10.6 Å². The number of carboxylic acid groups (broad SMARTS) is 1. The average molecular weight is 577 g/mol. The highest BCUT2D eigenvalue weighted by atomic mass is 19.4. The lowest BCUT2D eigenvalue weighted by Gasteiger charge is -2.17. The smallest absolute Gasteiger partial charge is 0.416 e. The Morgan fingerprint density at radius 2 is 1.45 bits per heavy atom. The summed E-state index contributed by atoms with van der Waals surface area (Å²) in [4.78, 5) is 38.3. The maximum Gasteiger partial charge on any atom is 0.416 e. The monoisotopic (exact) mass is 576 g/mol. The fraction of sp³-hybridized carbons (Fsp3) is 0.0938. The molecule has 214 valence electrons. The highest BCUT2D eigenvalue weighted by Crippen LogP contribution is 2.30. The third-order valence-corrected chi connectivity index (χ3v) is 6.23. The van der Waals surface area contributed by atoms with Crippen LogP contribution in [0.15, 0.2) is 109 Å². The van der Waals surface area contributed by atoms with E-state index in [0.717, 1.165) is 47.5 Å². The summed E-state index contributed by atoms with van der Waals surface area (Å²) in [6.45, 7) is 0. The Labute approximate surface area is 238 Å². The summed E-state index contributed by atoms with van der Waals surface area (Å²) in [6.07, 6.45) is -3.84. The van der Waals surface area contributed by atoms with Gasteiger partial charge < -0.3 is 15.7 Å². The Morgan fingerprint density at radius 3 is 2.07 bits per heavy atom. The molecule has 0 heterocycles. The molecule has 0 aliphatic carbocycles. The molecule has 0 radical (unpaired) electrons. The maximum absolute atomic E-state index is 13.3. The number of nitrogens with one attached hydrogen (secondary N) is 2. The van der Waals surface area contributed by atoms with Crippen LogP contribution in [0.2, 0.25) is 0 Å². The fourth-order valence-electron chi connectivity index (χ4n) is 4.06. The lowest BCUT2D eigenvalue weighted by molar-refractivity contribution is -0.141. The molecule has 0 fully saturated rings. The van der Waals surface area contributed by atoms with E-state index < -0.39 is 47.1 Å². The van der Waals surface area contributed by atoms with E-state index in [1.807, 2.05) is 30.3 Å². The van der Waals surface area contributed by atoms with Gasteiger partial charge in [-0.3, -0.25) is 9.59 Å². The van der Waals surface area contributed by atoms with Crippen LogP contribution in [0.25, 0.3) is 17.2 Å². The van der Waals surface area contributed by atoms with E-state index in [2.05, 4.69) is 10.6 Å². The van der Waals surface area contributed by atoms with E-state index in [0.29, 0.717) is 5.56 Å². The van der Waals surface area contributed by atoms with Crippen molar-refractivity contribution >= 4 is 23.9 Å².